The van der Waals surface area contributed by atoms with Crippen LogP contribution in [0.3, 0.4) is 0 Å². The van der Waals surface area contributed by atoms with Crippen LogP contribution in [0, 0.1) is 17.7 Å². The van der Waals surface area contributed by atoms with E-state index in [4.69, 9.17) is 4.98 Å². The van der Waals surface area contributed by atoms with Crippen molar-refractivity contribution in [3.8, 4) is 0 Å². The topological polar surface area (TPSA) is 62.1 Å². The molecule has 3 aromatic rings. The molecule has 7 nitrogen and oxygen atoms in total. The van der Waals surface area contributed by atoms with Crippen molar-refractivity contribution in [1.82, 2.24) is 19.7 Å². The van der Waals surface area contributed by atoms with Crippen molar-refractivity contribution in [1.29, 1.82) is 0 Å². The van der Waals surface area contributed by atoms with E-state index in [1.807, 2.05) is 14.5 Å². The number of rotatable bonds is 4. The second-order valence-corrected chi connectivity index (χ2v) is 9.51. The molecule has 184 valence electrons. The van der Waals surface area contributed by atoms with Crippen LogP contribution in [-0.4, -0.2) is 45.4 Å². The number of alkyl halides is 3. The molecule has 1 unspecified atom stereocenters. The van der Waals surface area contributed by atoms with Crippen LogP contribution in [0.15, 0.2) is 42.6 Å². The molecule has 2 aliphatic heterocycles. The van der Waals surface area contributed by atoms with E-state index in [1.165, 1.54) is 18.3 Å². The summed E-state index contributed by atoms with van der Waals surface area (Å²) < 4.78 is 54.6. The number of pyridine rings is 1. The molecule has 0 radical (unpaired) electrons. The van der Waals surface area contributed by atoms with Gasteiger partial charge in [-0.1, -0.05) is 0 Å². The Morgan fingerprint density at radius 2 is 1.69 bits per heavy atom. The van der Waals surface area contributed by atoms with E-state index in [1.54, 1.807) is 18.2 Å². The number of aryl methyl sites for hydroxylation is 1. The Morgan fingerprint density at radius 3 is 2.40 bits per heavy atom. The summed E-state index contributed by atoms with van der Waals surface area (Å²) in [5.41, 5.74) is 0.574. The number of hydrogen-bond acceptors (Lipinski definition) is 6. The fourth-order valence-corrected chi connectivity index (χ4v) is 5.68. The SMILES string of the molecule is Fc1ccc(N2CCCn3nc(N[C@@H]4C5CC[C@H]4CN(c4ccnc(C(F)(F)F)c4)C5)nc32)cc1. The number of fused-ring (bicyclic) bond motifs is 3. The number of aromatic nitrogens is 4. The molecular formula is C24H25F4N7. The van der Waals surface area contributed by atoms with Gasteiger partial charge in [0, 0.05) is 49.8 Å². The molecule has 1 N–H and O–H groups in total. The zero-order chi connectivity index (χ0) is 24.2. The molecule has 11 heteroatoms. The Bertz CT molecular complexity index is 1200. The van der Waals surface area contributed by atoms with Gasteiger partial charge in [0.2, 0.25) is 11.9 Å². The van der Waals surface area contributed by atoms with Gasteiger partial charge in [0.15, 0.2) is 0 Å². The highest BCUT2D eigenvalue weighted by Crippen LogP contribution is 2.41. The summed E-state index contributed by atoms with van der Waals surface area (Å²) in [6.45, 7) is 2.88. The van der Waals surface area contributed by atoms with Crippen LogP contribution in [0.25, 0.3) is 0 Å². The van der Waals surface area contributed by atoms with Crippen LogP contribution in [0.2, 0.25) is 0 Å². The van der Waals surface area contributed by atoms with Crippen molar-refractivity contribution in [3.05, 3.63) is 54.1 Å². The predicted octanol–water partition coefficient (Wildman–Crippen LogP) is 4.70. The summed E-state index contributed by atoms with van der Waals surface area (Å²) in [5, 5.41) is 8.22. The first kappa shape index (κ1) is 22.1. The summed E-state index contributed by atoms with van der Waals surface area (Å²) in [6, 6.07) is 9.32. The minimum atomic E-state index is -4.46. The predicted molar refractivity (Wildman–Crippen MR) is 123 cm³/mol. The molecule has 3 atom stereocenters. The largest absolute Gasteiger partial charge is 0.433 e. The van der Waals surface area contributed by atoms with Gasteiger partial charge in [0.25, 0.3) is 0 Å². The van der Waals surface area contributed by atoms with Crippen LogP contribution < -0.4 is 15.1 Å². The van der Waals surface area contributed by atoms with Gasteiger partial charge in [-0.25, -0.2) is 9.07 Å². The zero-order valence-electron chi connectivity index (χ0n) is 18.9. The first-order chi connectivity index (χ1) is 16.8. The van der Waals surface area contributed by atoms with Crippen molar-refractivity contribution in [2.24, 2.45) is 11.8 Å². The lowest BCUT2D eigenvalue weighted by Crippen LogP contribution is -2.48. The molecule has 0 amide bonds. The van der Waals surface area contributed by atoms with Gasteiger partial charge in [-0.3, -0.25) is 4.98 Å². The zero-order valence-corrected chi connectivity index (χ0v) is 18.9. The molecule has 3 aliphatic rings. The highest BCUT2D eigenvalue weighted by molar-refractivity contribution is 5.59. The molecule has 2 aromatic heterocycles. The van der Waals surface area contributed by atoms with E-state index in [9.17, 15) is 17.6 Å². The normalized spacial score (nSPS) is 23.9. The minimum Gasteiger partial charge on any atom is -0.371 e. The van der Waals surface area contributed by atoms with E-state index >= 15 is 0 Å². The Kier molecular flexibility index (Phi) is 5.30. The molecule has 6 rings (SSSR count). The second kappa shape index (κ2) is 8.39. The molecule has 1 aliphatic carbocycles. The Morgan fingerprint density at radius 1 is 0.943 bits per heavy atom. The number of benzene rings is 1. The number of halogens is 4. The molecule has 2 fully saturated rings. The van der Waals surface area contributed by atoms with Gasteiger partial charge in [-0.15, -0.1) is 5.10 Å². The first-order valence-corrected chi connectivity index (χ1v) is 11.9. The highest BCUT2D eigenvalue weighted by Gasteiger charge is 2.43. The lowest BCUT2D eigenvalue weighted by molar-refractivity contribution is -0.141. The van der Waals surface area contributed by atoms with Gasteiger partial charge in [0.1, 0.15) is 11.5 Å². The number of anilines is 4. The van der Waals surface area contributed by atoms with Crippen LogP contribution in [0.4, 0.5) is 40.8 Å². The van der Waals surface area contributed by atoms with Gasteiger partial charge in [-0.05, 0) is 67.5 Å². The Labute approximate surface area is 199 Å². The van der Waals surface area contributed by atoms with Crippen molar-refractivity contribution in [2.75, 3.05) is 34.8 Å². The lowest BCUT2D eigenvalue weighted by atomic mass is 9.92. The summed E-state index contributed by atoms with van der Waals surface area (Å²) in [7, 11) is 0. The molecule has 1 saturated carbocycles. The maximum absolute atomic E-state index is 13.4. The van der Waals surface area contributed by atoms with Gasteiger partial charge in [0.05, 0.1) is 0 Å². The number of piperidine rings is 1. The van der Waals surface area contributed by atoms with E-state index in [0.29, 0.717) is 24.7 Å². The minimum absolute atomic E-state index is 0.166. The fourth-order valence-electron chi connectivity index (χ4n) is 5.68. The molecule has 2 bridgehead atoms. The third-order valence-electron chi connectivity index (χ3n) is 7.31. The first-order valence-electron chi connectivity index (χ1n) is 11.9. The molecule has 35 heavy (non-hydrogen) atoms. The highest BCUT2D eigenvalue weighted by atomic mass is 19.4. The smallest absolute Gasteiger partial charge is 0.371 e. The molecular weight excluding hydrogens is 462 g/mol. The average Bonchev–Trinajstić information content (AvgIpc) is 3.35. The van der Waals surface area contributed by atoms with E-state index in [2.05, 4.69) is 15.4 Å². The molecule has 4 heterocycles. The molecule has 1 aromatic carbocycles. The second-order valence-electron chi connectivity index (χ2n) is 9.51. The fraction of sp³-hybridized carbons (Fsp3) is 0.458. The van der Waals surface area contributed by atoms with Gasteiger partial charge >= 0.3 is 6.18 Å². The van der Waals surface area contributed by atoms with Gasteiger partial charge < -0.3 is 15.1 Å². The van der Waals surface area contributed by atoms with Crippen LogP contribution in [0.1, 0.15) is 25.0 Å². The van der Waals surface area contributed by atoms with Crippen molar-refractivity contribution in [3.63, 3.8) is 0 Å². The third-order valence-corrected chi connectivity index (χ3v) is 7.31. The third kappa shape index (κ3) is 4.17. The van der Waals surface area contributed by atoms with Crippen molar-refractivity contribution >= 4 is 23.3 Å². The maximum atomic E-state index is 13.4. The molecule has 1 saturated heterocycles. The van der Waals surface area contributed by atoms with Crippen LogP contribution in [0.5, 0.6) is 0 Å². The summed E-state index contributed by atoms with van der Waals surface area (Å²) in [5.74, 6) is 1.58. The van der Waals surface area contributed by atoms with Crippen LogP contribution >= 0.6 is 0 Å². The van der Waals surface area contributed by atoms with Crippen molar-refractivity contribution in [2.45, 2.75) is 38.0 Å². The maximum Gasteiger partial charge on any atom is 0.433 e. The number of hydrogen-bond donors (Lipinski definition) is 1. The summed E-state index contributed by atoms with van der Waals surface area (Å²) in [4.78, 5) is 12.3. The summed E-state index contributed by atoms with van der Waals surface area (Å²) >= 11 is 0. The number of nitrogens with one attached hydrogen (secondary N) is 1. The van der Waals surface area contributed by atoms with E-state index < -0.39 is 11.9 Å². The summed E-state index contributed by atoms with van der Waals surface area (Å²) in [6.07, 6.45) is -0.307. The van der Waals surface area contributed by atoms with Crippen LogP contribution in [-0.2, 0) is 12.7 Å². The standard InChI is InChI=1S/C24H25F4N7/c25-17-4-6-18(7-5-17)34-10-1-11-35-23(34)31-22(32-35)30-21-15-2-3-16(21)14-33(13-15)19-8-9-29-20(12-19)24(26,27)28/h4-9,12,15-16,21H,1-3,10-11,13-14H2,(H,30,32)/t15-,16?,21-/m0/s1. The quantitative estimate of drug-likeness (QED) is 0.539. The average molecular weight is 488 g/mol. The lowest BCUT2D eigenvalue weighted by Gasteiger charge is -2.39. The van der Waals surface area contributed by atoms with E-state index in [0.717, 1.165) is 50.1 Å². The van der Waals surface area contributed by atoms with Gasteiger partial charge in [-0.2, -0.15) is 18.2 Å². The Balaban J connectivity index is 1.18. The monoisotopic (exact) mass is 487 g/mol. The Hall–Kier alpha value is -3.37. The molecule has 0 spiro atoms. The number of nitrogens with zero attached hydrogens (tertiary/aromatic N) is 6. The van der Waals surface area contributed by atoms with Crippen molar-refractivity contribution < 1.29 is 17.6 Å². The van der Waals surface area contributed by atoms with E-state index in [-0.39, 0.29) is 23.7 Å².